The van der Waals surface area contributed by atoms with E-state index in [1.807, 2.05) is 0 Å². The van der Waals surface area contributed by atoms with Crippen LogP contribution in [-0.4, -0.2) is 82.5 Å². The van der Waals surface area contributed by atoms with Gasteiger partial charge in [0.15, 0.2) is 0 Å². The Morgan fingerprint density at radius 2 is 2.07 bits per heavy atom. The number of hydrogen-bond acceptors (Lipinski definition) is 5. The Labute approximate surface area is 163 Å². The van der Waals surface area contributed by atoms with E-state index in [9.17, 15) is 14.3 Å². The van der Waals surface area contributed by atoms with Crippen LogP contribution in [0.4, 0.5) is 4.39 Å². The first-order chi connectivity index (χ1) is 13.6. The van der Waals surface area contributed by atoms with Crippen molar-refractivity contribution in [2.24, 2.45) is 0 Å². The average Bonchev–Trinajstić information content (AvgIpc) is 3.35. The van der Waals surface area contributed by atoms with Crippen LogP contribution >= 0.6 is 0 Å². The van der Waals surface area contributed by atoms with Gasteiger partial charge < -0.3 is 14.7 Å². The summed E-state index contributed by atoms with van der Waals surface area (Å²) in [6.07, 6.45) is 0.966. The molecule has 3 atom stereocenters. The summed E-state index contributed by atoms with van der Waals surface area (Å²) in [4.78, 5) is 16.7. The number of carbonyl (C=O) groups is 1. The summed E-state index contributed by atoms with van der Waals surface area (Å²) in [5, 5.41) is 17.6. The van der Waals surface area contributed by atoms with Crippen molar-refractivity contribution >= 4 is 5.91 Å². The first kappa shape index (κ1) is 19.0. The van der Waals surface area contributed by atoms with Crippen LogP contribution in [0.5, 0.6) is 0 Å². The summed E-state index contributed by atoms with van der Waals surface area (Å²) in [5.41, 5.74) is 1.00. The number of hydrogen-bond donors (Lipinski definition) is 2. The van der Waals surface area contributed by atoms with Crippen molar-refractivity contribution < 1.29 is 19.0 Å². The fraction of sp³-hybridized carbons (Fsp3) is 0.500. The van der Waals surface area contributed by atoms with Crippen LogP contribution in [0.15, 0.2) is 30.3 Å². The fourth-order valence-electron chi connectivity index (χ4n) is 4.25. The maximum atomic E-state index is 14.0. The number of amides is 1. The molecule has 2 N–H and O–H groups in total. The summed E-state index contributed by atoms with van der Waals surface area (Å²) in [6.45, 7) is 2.96. The number of rotatable bonds is 4. The fourth-order valence-corrected chi connectivity index (χ4v) is 4.25. The number of aromatic nitrogens is 2. The number of nitrogens with one attached hydrogen (secondary N) is 1. The van der Waals surface area contributed by atoms with Gasteiger partial charge in [0.05, 0.1) is 31.1 Å². The van der Waals surface area contributed by atoms with E-state index in [1.54, 1.807) is 36.2 Å². The number of H-pyrrole nitrogens is 1. The summed E-state index contributed by atoms with van der Waals surface area (Å²) in [6, 6.07) is 7.65. The topological polar surface area (TPSA) is 81.7 Å². The van der Waals surface area contributed by atoms with Gasteiger partial charge >= 0.3 is 0 Å². The molecular formula is C20H25FN4O3. The Morgan fingerprint density at radius 3 is 2.82 bits per heavy atom. The SMILES string of the molecule is CN(C(=O)c1cc(-c2ccccc2F)n[nH]1)[C@@H]1CC[C@@H](N2CCOCC2)[C@@H]1O. The molecule has 7 nitrogen and oxygen atoms in total. The van der Waals surface area contributed by atoms with Crippen molar-refractivity contribution in [2.45, 2.75) is 31.0 Å². The highest BCUT2D eigenvalue weighted by Crippen LogP contribution is 2.30. The minimum absolute atomic E-state index is 0.0416. The summed E-state index contributed by atoms with van der Waals surface area (Å²) < 4.78 is 19.4. The second kappa shape index (κ2) is 7.98. The minimum atomic E-state index is -0.610. The molecule has 0 spiro atoms. The van der Waals surface area contributed by atoms with Crippen molar-refractivity contribution in [3.8, 4) is 11.3 Å². The van der Waals surface area contributed by atoms with Crippen molar-refractivity contribution in [1.29, 1.82) is 0 Å². The molecular weight excluding hydrogens is 363 g/mol. The lowest BCUT2D eigenvalue weighted by atomic mass is 10.1. The van der Waals surface area contributed by atoms with E-state index >= 15 is 0 Å². The zero-order valence-electron chi connectivity index (χ0n) is 15.8. The standard InChI is InChI=1S/C20H25FN4O3/c1-24(17-6-7-18(19(17)26)25-8-10-28-11-9-25)20(27)16-12-15(22-23-16)13-4-2-3-5-14(13)21/h2-5,12,17-19,26H,6-11H2,1H3,(H,22,23)/t17-,18-,19-/m1/s1. The number of carbonyl (C=O) groups excluding carboxylic acids is 1. The van der Waals surface area contributed by atoms with E-state index in [0.717, 1.165) is 25.9 Å². The van der Waals surface area contributed by atoms with Gasteiger partial charge in [0.25, 0.3) is 5.91 Å². The Kier molecular flexibility index (Phi) is 5.43. The molecule has 0 bridgehead atoms. The number of nitrogens with zero attached hydrogens (tertiary/aromatic N) is 3. The second-order valence-electron chi connectivity index (χ2n) is 7.41. The highest BCUT2D eigenvalue weighted by Gasteiger charge is 2.42. The number of benzene rings is 1. The Morgan fingerprint density at radius 1 is 1.32 bits per heavy atom. The van der Waals surface area contributed by atoms with Gasteiger partial charge in [-0.1, -0.05) is 12.1 Å². The second-order valence-corrected chi connectivity index (χ2v) is 7.41. The highest BCUT2D eigenvalue weighted by atomic mass is 19.1. The summed E-state index contributed by atoms with van der Waals surface area (Å²) in [7, 11) is 1.70. The van der Waals surface area contributed by atoms with Crippen LogP contribution in [0.25, 0.3) is 11.3 Å². The lowest BCUT2D eigenvalue weighted by molar-refractivity contribution is -0.0232. The van der Waals surface area contributed by atoms with Crippen molar-refractivity contribution in [3.63, 3.8) is 0 Å². The van der Waals surface area contributed by atoms with Gasteiger partial charge in [-0.25, -0.2) is 4.39 Å². The Hall–Kier alpha value is -2.29. The number of aliphatic hydroxyl groups is 1. The quantitative estimate of drug-likeness (QED) is 0.830. The van der Waals surface area contributed by atoms with Gasteiger partial charge in [-0.05, 0) is 31.0 Å². The van der Waals surface area contributed by atoms with Crippen LogP contribution in [0.1, 0.15) is 23.3 Å². The zero-order valence-corrected chi connectivity index (χ0v) is 15.8. The predicted octanol–water partition coefficient (Wildman–Crippen LogP) is 1.51. The molecule has 1 aromatic carbocycles. The van der Waals surface area contributed by atoms with Gasteiger partial charge in [-0.15, -0.1) is 0 Å². The monoisotopic (exact) mass is 388 g/mol. The number of likely N-dealkylation sites (N-methyl/N-ethyl adjacent to an activating group) is 1. The Balaban J connectivity index is 1.46. The lowest BCUT2D eigenvalue weighted by Gasteiger charge is -2.36. The average molecular weight is 388 g/mol. The van der Waals surface area contributed by atoms with Crippen molar-refractivity contribution in [1.82, 2.24) is 20.0 Å². The number of ether oxygens (including phenoxy) is 1. The molecule has 2 aliphatic rings. The number of morpholine rings is 1. The molecule has 8 heteroatoms. The van der Waals surface area contributed by atoms with E-state index in [0.29, 0.717) is 24.5 Å². The maximum absolute atomic E-state index is 14.0. The van der Waals surface area contributed by atoms with E-state index < -0.39 is 6.10 Å². The summed E-state index contributed by atoms with van der Waals surface area (Å²) >= 11 is 0. The third kappa shape index (κ3) is 3.55. The third-order valence-corrected chi connectivity index (χ3v) is 5.84. The van der Waals surface area contributed by atoms with Gasteiger partial charge in [0, 0.05) is 31.7 Å². The molecule has 2 aromatic rings. The van der Waals surface area contributed by atoms with Crippen molar-refractivity contribution in [2.75, 3.05) is 33.4 Å². The van der Waals surface area contributed by atoms with Gasteiger partial charge in [0.2, 0.25) is 0 Å². The first-order valence-corrected chi connectivity index (χ1v) is 9.63. The van der Waals surface area contributed by atoms with Crippen molar-refractivity contribution in [3.05, 3.63) is 41.8 Å². The maximum Gasteiger partial charge on any atom is 0.271 e. The molecule has 1 aromatic heterocycles. The van der Waals surface area contributed by atoms with Crippen LogP contribution in [0.2, 0.25) is 0 Å². The minimum Gasteiger partial charge on any atom is -0.389 e. The molecule has 1 saturated heterocycles. The molecule has 1 saturated carbocycles. The zero-order chi connectivity index (χ0) is 19.7. The normalized spacial score (nSPS) is 25.8. The number of aliphatic hydroxyl groups excluding tert-OH is 1. The van der Waals surface area contributed by atoms with Gasteiger partial charge in [0.1, 0.15) is 11.5 Å². The van der Waals surface area contributed by atoms with E-state index in [-0.39, 0.29) is 29.5 Å². The van der Waals surface area contributed by atoms with Crippen LogP contribution in [0.3, 0.4) is 0 Å². The molecule has 150 valence electrons. The largest absolute Gasteiger partial charge is 0.389 e. The lowest BCUT2D eigenvalue weighted by Crippen LogP contribution is -2.51. The van der Waals surface area contributed by atoms with E-state index in [1.165, 1.54) is 6.07 Å². The molecule has 2 fully saturated rings. The molecule has 4 rings (SSSR count). The smallest absolute Gasteiger partial charge is 0.271 e. The predicted molar refractivity (Wildman–Crippen MR) is 101 cm³/mol. The Bertz CT molecular complexity index is 836. The van der Waals surface area contributed by atoms with Gasteiger partial charge in [-0.2, -0.15) is 5.10 Å². The van der Waals surface area contributed by atoms with Crippen LogP contribution in [0, 0.1) is 5.82 Å². The molecule has 0 radical (unpaired) electrons. The van der Waals surface area contributed by atoms with Gasteiger partial charge in [-0.3, -0.25) is 14.8 Å². The van der Waals surface area contributed by atoms with Crippen LogP contribution < -0.4 is 0 Å². The molecule has 1 aliphatic heterocycles. The molecule has 1 amide bonds. The molecule has 28 heavy (non-hydrogen) atoms. The molecule has 0 unspecified atom stereocenters. The molecule has 1 aliphatic carbocycles. The first-order valence-electron chi connectivity index (χ1n) is 9.63. The number of halogens is 1. The highest BCUT2D eigenvalue weighted by molar-refractivity contribution is 5.93. The van der Waals surface area contributed by atoms with Crippen LogP contribution in [-0.2, 0) is 4.74 Å². The third-order valence-electron chi connectivity index (χ3n) is 5.84. The number of aromatic amines is 1. The van der Waals surface area contributed by atoms with E-state index in [4.69, 9.17) is 4.74 Å². The van der Waals surface area contributed by atoms with E-state index in [2.05, 4.69) is 15.1 Å². The summed E-state index contributed by atoms with van der Waals surface area (Å²) in [5.74, 6) is -0.650. The molecule has 2 heterocycles.